The van der Waals surface area contributed by atoms with E-state index in [1.165, 1.54) is 0 Å². The number of benzene rings is 2. The summed E-state index contributed by atoms with van der Waals surface area (Å²) in [6, 6.07) is 11.2. The van der Waals surface area contributed by atoms with Gasteiger partial charge < -0.3 is 24.3 Å². The van der Waals surface area contributed by atoms with Crippen molar-refractivity contribution in [2.45, 2.75) is 12.2 Å². The van der Waals surface area contributed by atoms with Gasteiger partial charge in [-0.15, -0.1) is 0 Å². The van der Waals surface area contributed by atoms with Crippen LogP contribution in [0.5, 0.6) is 0 Å². The van der Waals surface area contributed by atoms with Crippen molar-refractivity contribution in [2.24, 2.45) is 0 Å². The molecular formula is C16H18NO5P. The molecule has 2 aliphatic rings. The van der Waals surface area contributed by atoms with Crippen LogP contribution in [-0.4, -0.2) is 38.6 Å². The second kappa shape index (κ2) is 5.89. The van der Waals surface area contributed by atoms with E-state index >= 15 is 0 Å². The molecule has 0 aromatic heterocycles. The molecule has 0 aliphatic carbocycles. The van der Waals surface area contributed by atoms with Gasteiger partial charge in [0, 0.05) is 5.69 Å². The third-order valence-corrected chi connectivity index (χ3v) is 5.90. The number of rotatable bonds is 7. The molecular weight excluding hydrogens is 317 g/mol. The molecule has 2 fully saturated rings. The van der Waals surface area contributed by atoms with Gasteiger partial charge in [0.05, 0.1) is 31.7 Å². The van der Waals surface area contributed by atoms with Crippen LogP contribution in [0.15, 0.2) is 36.4 Å². The summed E-state index contributed by atoms with van der Waals surface area (Å²) in [6.07, 6.45) is -0.0272. The Kier molecular flexibility index (Phi) is 3.87. The molecule has 23 heavy (non-hydrogen) atoms. The Morgan fingerprint density at radius 2 is 1.65 bits per heavy atom. The largest absolute Gasteiger partial charge is 0.398 e. The van der Waals surface area contributed by atoms with Gasteiger partial charge in [0.15, 0.2) is 0 Å². The third-order valence-electron chi connectivity index (χ3n) is 3.87. The highest BCUT2D eigenvalue weighted by Crippen LogP contribution is 2.51. The lowest BCUT2D eigenvalue weighted by molar-refractivity contribution is 0.184. The third kappa shape index (κ3) is 3.27. The molecule has 0 radical (unpaired) electrons. The van der Waals surface area contributed by atoms with Gasteiger partial charge in [-0.1, -0.05) is 30.3 Å². The Morgan fingerprint density at radius 3 is 2.26 bits per heavy atom. The number of hydrogen-bond donors (Lipinski definition) is 1. The smallest absolute Gasteiger partial charge is 0.364 e. The predicted molar refractivity (Wildman–Crippen MR) is 87.0 cm³/mol. The second-order valence-electron chi connectivity index (χ2n) is 5.72. The highest BCUT2D eigenvalue weighted by Gasteiger charge is 2.37. The van der Waals surface area contributed by atoms with Gasteiger partial charge in [-0.25, -0.2) is 0 Å². The van der Waals surface area contributed by atoms with Gasteiger partial charge in [0.2, 0.25) is 0 Å². The van der Waals surface area contributed by atoms with Crippen LogP contribution in [0.25, 0.3) is 10.8 Å². The van der Waals surface area contributed by atoms with Crippen LogP contribution in [0.1, 0.15) is 0 Å². The Balaban J connectivity index is 1.74. The fourth-order valence-electron chi connectivity index (χ4n) is 2.44. The van der Waals surface area contributed by atoms with Gasteiger partial charge in [0.1, 0.15) is 12.2 Å². The van der Waals surface area contributed by atoms with Crippen LogP contribution >= 0.6 is 7.60 Å². The first kappa shape index (κ1) is 15.1. The molecule has 0 bridgehead atoms. The van der Waals surface area contributed by atoms with E-state index in [4.69, 9.17) is 24.3 Å². The maximum Gasteiger partial charge on any atom is 0.364 e. The monoisotopic (exact) mass is 335 g/mol. The fraction of sp³-hybridized carbons (Fsp3) is 0.375. The van der Waals surface area contributed by atoms with E-state index in [2.05, 4.69) is 0 Å². The Morgan fingerprint density at radius 1 is 1.04 bits per heavy atom. The zero-order valence-corrected chi connectivity index (χ0v) is 13.4. The molecule has 2 saturated heterocycles. The summed E-state index contributed by atoms with van der Waals surface area (Å²) >= 11 is 0. The summed E-state index contributed by atoms with van der Waals surface area (Å²) in [5.74, 6) is 0. The van der Waals surface area contributed by atoms with Crippen molar-refractivity contribution in [3.05, 3.63) is 36.4 Å². The molecule has 6 nitrogen and oxygen atoms in total. The average molecular weight is 335 g/mol. The predicted octanol–water partition coefficient (Wildman–Crippen LogP) is 2.07. The van der Waals surface area contributed by atoms with E-state index in [0.29, 0.717) is 24.2 Å². The van der Waals surface area contributed by atoms with Crippen molar-refractivity contribution in [1.82, 2.24) is 0 Å². The molecule has 2 aliphatic heterocycles. The van der Waals surface area contributed by atoms with E-state index in [1.807, 2.05) is 30.3 Å². The minimum atomic E-state index is -3.57. The fourth-order valence-corrected chi connectivity index (χ4v) is 4.38. The van der Waals surface area contributed by atoms with Gasteiger partial charge in [-0.05, 0) is 16.8 Å². The van der Waals surface area contributed by atoms with Crippen molar-refractivity contribution >= 4 is 29.4 Å². The number of epoxide rings is 2. The van der Waals surface area contributed by atoms with Crippen molar-refractivity contribution in [2.75, 3.05) is 32.2 Å². The summed E-state index contributed by atoms with van der Waals surface area (Å²) in [6.45, 7) is 1.70. The van der Waals surface area contributed by atoms with Crippen molar-refractivity contribution in [3.8, 4) is 0 Å². The summed E-state index contributed by atoms with van der Waals surface area (Å²) in [4.78, 5) is 0. The van der Waals surface area contributed by atoms with E-state index in [-0.39, 0.29) is 25.4 Å². The maximum absolute atomic E-state index is 13.5. The standard InChI is InChI=1S/C16H18NO5P/c17-15-6-5-11-3-1-2-4-14(11)16(15)23(18,21-9-12-7-19-12)22-10-13-8-20-13/h1-6,12-13H,7-10,17H2. The molecule has 2 aromatic carbocycles. The minimum absolute atomic E-state index is 0.0136. The Bertz CT molecular complexity index is 752. The van der Waals surface area contributed by atoms with E-state index < -0.39 is 7.60 Å². The van der Waals surface area contributed by atoms with E-state index in [9.17, 15) is 4.57 Å². The summed E-state index contributed by atoms with van der Waals surface area (Å²) in [5.41, 5.74) is 6.53. The van der Waals surface area contributed by atoms with Crippen molar-refractivity contribution in [1.29, 1.82) is 0 Å². The molecule has 2 heterocycles. The van der Waals surface area contributed by atoms with Gasteiger partial charge in [-0.2, -0.15) is 0 Å². The SMILES string of the molecule is Nc1ccc2ccccc2c1P(=O)(OCC1CO1)OCC1CO1. The van der Waals surface area contributed by atoms with Crippen LogP contribution in [0.4, 0.5) is 5.69 Å². The molecule has 2 unspecified atom stereocenters. The van der Waals surface area contributed by atoms with Gasteiger partial charge in [-0.3, -0.25) is 4.57 Å². The normalized spacial score (nSPS) is 25.2. The van der Waals surface area contributed by atoms with E-state index in [0.717, 1.165) is 10.8 Å². The number of ether oxygens (including phenoxy) is 2. The molecule has 0 spiro atoms. The first-order valence-electron chi connectivity index (χ1n) is 7.56. The molecule has 0 saturated carbocycles. The first-order valence-corrected chi connectivity index (χ1v) is 9.10. The molecule has 2 aromatic rings. The van der Waals surface area contributed by atoms with Crippen molar-refractivity contribution in [3.63, 3.8) is 0 Å². The van der Waals surface area contributed by atoms with Crippen LogP contribution in [0, 0.1) is 0 Å². The lowest BCUT2D eigenvalue weighted by atomic mass is 10.1. The number of nitrogens with two attached hydrogens (primary N) is 1. The molecule has 122 valence electrons. The molecule has 2 N–H and O–H groups in total. The second-order valence-corrected chi connectivity index (χ2v) is 7.68. The number of fused-ring (bicyclic) bond motifs is 1. The Hall–Kier alpha value is -1.43. The molecule has 4 rings (SSSR count). The lowest BCUT2D eigenvalue weighted by Crippen LogP contribution is -2.19. The number of anilines is 1. The highest BCUT2D eigenvalue weighted by atomic mass is 31.2. The average Bonchev–Trinajstić information content (AvgIpc) is 3.46. The summed E-state index contributed by atoms with van der Waals surface area (Å²) in [7, 11) is -3.57. The van der Waals surface area contributed by atoms with E-state index in [1.54, 1.807) is 6.07 Å². The Labute approximate surface area is 134 Å². The van der Waals surface area contributed by atoms with Crippen molar-refractivity contribution < 1.29 is 23.1 Å². The first-order chi connectivity index (χ1) is 11.2. The van der Waals surface area contributed by atoms with Gasteiger partial charge in [0.25, 0.3) is 0 Å². The number of hydrogen-bond acceptors (Lipinski definition) is 6. The zero-order valence-electron chi connectivity index (χ0n) is 12.5. The molecule has 0 amide bonds. The summed E-state index contributed by atoms with van der Waals surface area (Å²) in [5, 5.41) is 2.15. The van der Waals surface area contributed by atoms with Crippen LogP contribution in [0.3, 0.4) is 0 Å². The molecule has 2 atom stereocenters. The van der Waals surface area contributed by atoms with Crippen LogP contribution in [-0.2, 0) is 23.1 Å². The van der Waals surface area contributed by atoms with Gasteiger partial charge >= 0.3 is 7.60 Å². The van der Waals surface area contributed by atoms with Crippen LogP contribution < -0.4 is 11.0 Å². The minimum Gasteiger partial charge on any atom is -0.398 e. The summed E-state index contributed by atoms with van der Waals surface area (Å²) < 4.78 is 35.1. The number of nitrogen functional groups attached to an aromatic ring is 1. The van der Waals surface area contributed by atoms with Crippen LogP contribution in [0.2, 0.25) is 0 Å². The molecule has 7 heteroatoms. The topological polar surface area (TPSA) is 86.6 Å². The quantitative estimate of drug-likeness (QED) is 0.473. The zero-order chi connectivity index (χ0) is 15.9. The highest BCUT2D eigenvalue weighted by molar-refractivity contribution is 7.63. The lowest BCUT2D eigenvalue weighted by Gasteiger charge is -2.21. The maximum atomic E-state index is 13.5.